The molecule has 1 aliphatic heterocycles. The van der Waals surface area contributed by atoms with Crippen LogP contribution in [0.15, 0.2) is 85.9 Å². The summed E-state index contributed by atoms with van der Waals surface area (Å²) in [5.74, 6) is -1.16. The zero-order valence-electron chi connectivity index (χ0n) is 18.8. The maximum Gasteiger partial charge on any atom is 0.294 e. The van der Waals surface area contributed by atoms with Gasteiger partial charge in [-0.1, -0.05) is 47.7 Å². The number of anilines is 1. The molecular formula is C25H18BrN3O5S2. The molecule has 1 N–H and O–H groups in total. The number of aryl methyl sites for hydroxylation is 1. The Bertz CT molecular complexity index is 1410. The van der Waals surface area contributed by atoms with Gasteiger partial charge in [-0.2, -0.15) is 0 Å². The highest BCUT2D eigenvalue weighted by Gasteiger charge is 2.36. The largest absolute Gasteiger partial charge is 0.324 e. The van der Waals surface area contributed by atoms with Crippen LogP contribution in [0.25, 0.3) is 6.08 Å². The summed E-state index contributed by atoms with van der Waals surface area (Å²) in [5, 5.41) is 13.8. The van der Waals surface area contributed by atoms with E-state index >= 15 is 0 Å². The average Bonchev–Trinajstić information content (AvgIpc) is 3.10. The van der Waals surface area contributed by atoms with Crippen molar-refractivity contribution in [1.29, 1.82) is 0 Å². The molecule has 8 nitrogen and oxygen atoms in total. The summed E-state index contributed by atoms with van der Waals surface area (Å²) in [5.41, 5.74) is 1.89. The number of amides is 3. The molecule has 1 fully saturated rings. The van der Waals surface area contributed by atoms with E-state index in [-0.39, 0.29) is 10.6 Å². The Labute approximate surface area is 223 Å². The third kappa shape index (κ3) is 6.04. The van der Waals surface area contributed by atoms with Crippen LogP contribution in [0.2, 0.25) is 0 Å². The van der Waals surface area contributed by atoms with Crippen LogP contribution in [0.4, 0.5) is 16.2 Å². The second kappa shape index (κ2) is 11.1. The van der Waals surface area contributed by atoms with Gasteiger partial charge in [-0.05, 0) is 76.6 Å². The number of nitrogens with zero attached hydrogens (tertiary/aromatic N) is 2. The van der Waals surface area contributed by atoms with E-state index in [1.807, 2.05) is 31.2 Å². The molecule has 0 atom stereocenters. The first kappa shape index (κ1) is 25.7. The minimum atomic E-state index is -0.631. The number of benzene rings is 3. The lowest BCUT2D eigenvalue weighted by Crippen LogP contribution is -2.36. The zero-order chi connectivity index (χ0) is 25.8. The number of hydrogen-bond acceptors (Lipinski definition) is 7. The first-order chi connectivity index (χ1) is 17.2. The number of carbonyl (C=O) groups excluding carboxylic acids is 3. The van der Waals surface area contributed by atoms with E-state index in [9.17, 15) is 24.5 Å². The summed E-state index contributed by atoms with van der Waals surface area (Å²) < 4.78 is 0.665. The van der Waals surface area contributed by atoms with Gasteiger partial charge in [-0.25, -0.2) is 0 Å². The molecule has 0 spiro atoms. The molecule has 182 valence electrons. The molecule has 1 heterocycles. The van der Waals surface area contributed by atoms with Gasteiger partial charge < -0.3 is 5.32 Å². The predicted octanol–water partition coefficient (Wildman–Crippen LogP) is 6.49. The Balaban J connectivity index is 1.50. The molecule has 0 bridgehead atoms. The minimum Gasteiger partial charge on any atom is -0.324 e. The number of halogens is 1. The molecule has 0 aromatic heterocycles. The summed E-state index contributed by atoms with van der Waals surface area (Å²) in [7, 11) is 0. The van der Waals surface area contributed by atoms with Crippen LogP contribution in [0.1, 0.15) is 11.1 Å². The standard InChI is InChI=1S/C25H18BrN3O5S2/c1-15-6-9-17(10-7-15)35-21-11-8-16(12-20(21)29(33)34)13-22-24(31)28(25(32)36-22)14-23(30)27-19-5-3-2-4-18(19)26/h2-13H,14H2,1H3,(H,27,30)/b22-13-. The van der Waals surface area contributed by atoms with Gasteiger partial charge >= 0.3 is 0 Å². The van der Waals surface area contributed by atoms with Gasteiger partial charge in [0.25, 0.3) is 16.8 Å². The first-order valence-electron chi connectivity index (χ1n) is 10.5. The molecule has 1 aliphatic rings. The number of hydrogen-bond donors (Lipinski definition) is 1. The smallest absolute Gasteiger partial charge is 0.294 e. The Morgan fingerprint density at radius 3 is 2.56 bits per heavy atom. The number of rotatable bonds is 7. The van der Waals surface area contributed by atoms with Gasteiger partial charge in [0.05, 0.1) is 20.4 Å². The molecular weight excluding hydrogens is 566 g/mol. The van der Waals surface area contributed by atoms with E-state index in [4.69, 9.17) is 0 Å². The van der Waals surface area contributed by atoms with Crippen LogP contribution in [-0.4, -0.2) is 33.4 Å². The summed E-state index contributed by atoms with van der Waals surface area (Å²) >= 11 is 5.28. The number of imide groups is 1. The van der Waals surface area contributed by atoms with E-state index in [0.717, 1.165) is 15.4 Å². The summed E-state index contributed by atoms with van der Waals surface area (Å²) in [6, 6.07) is 19.2. The van der Waals surface area contributed by atoms with Crippen LogP contribution < -0.4 is 5.32 Å². The van der Waals surface area contributed by atoms with E-state index in [0.29, 0.717) is 32.4 Å². The third-order valence-electron chi connectivity index (χ3n) is 5.05. The molecule has 0 saturated carbocycles. The SMILES string of the molecule is Cc1ccc(Sc2ccc(/C=C3\SC(=O)N(CC(=O)Nc4ccccc4Br)C3=O)cc2[N+](=O)[O-])cc1. The molecule has 3 aromatic rings. The molecule has 0 radical (unpaired) electrons. The summed E-state index contributed by atoms with van der Waals surface area (Å²) in [4.78, 5) is 51.1. The highest BCUT2D eigenvalue weighted by molar-refractivity contribution is 9.10. The molecule has 4 rings (SSSR count). The number of carbonyl (C=O) groups is 3. The number of para-hydroxylation sites is 1. The Morgan fingerprint density at radius 2 is 1.86 bits per heavy atom. The van der Waals surface area contributed by atoms with Gasteiger partial charge in [0.1, 0.15) is 6.54 Å². The Hall–Kier alpha value is -3.41. The maximum atomic E-state index is 12.8. The fourth-order valence-electron chi connectivity index (χ4n) is 3.27. The molecule has 0 aliphatic carbocycles. The molecule has 3 amide bonds. The van der Waals surface area contributed by atoms with Gasteiger partial charge in [-0.15, -0.1) is 0 Å². The Kier molecular flexibility index (Phi) is 7.92. The third-order valence-corrected chi connectivity index (χ3v) is 7.72. The van der Waals surface area contributed by atoms with Crippen molar-refractivity contribution in [1.82, 2.24) is 4.90 Å². The van der Waals surface area contributed by atoms with Crippen LogP contribution in [-0.2, 0) is 9.59 Å². The van der Waals surface area contributed by atoms with Crippen molar-refractivity contribution >= 4 is 74.0 Å². The lowest BCUT2D eigenvalue weighted by molar-refractivity contribution is -0.387. The average molecular weight is 584 g/mol. The van der Waals surface area contributed by atoms with Crippen molar-refractivity contribution in [3.05, 3.63) is 97.3 Å². The number of nitro benzene ring substituents is 1. The molecule has 1 saturated heterocycles. The van der Waals surface area contributed by atoms with Crippen molar-refractivity contribution in [3.8, 4) is 0 Å². The predicted molar refractivity (Wildman–Crippen MR) is 144 cm³/mol. The normalized spacial score (nSPS) is 14.4. The van der Waals surface area contributed by atoms with Gasteiger partial charge in [0, 0.05) is 15.4 Å². The lowest BCUT2D eigenvalue weighted by Gasteiger charge is -2.13. The Morgan fingerprint density at radius 1 is 1.14 bits per heavy atom. The van der Waals surface area contributed by atoms with Crippen LogP contribution in [0.5, 0.6) is 0 Å². The zero-order valence-corrected chi connectivity index (χ0v) is 22.0. The highest BCUT2D eigenvalue weighted by atomic mass is 79.9. The van der Waals surface area contributed by atoms with Gasteiger partial charge in [0.2, 0.25) is 5.91 Å². The van der Waals surface area contributed by atoms with E-state index in [1.54, 1.807) is 36.4 Å². The first-order valence-corrected chi connectivity index (χ1v) is 13.0. The second-order valence-corrected chi connectivity index (χ2v) is 10.7. The molecule has 36 heavy (non-hydrogen) atoms. The summed E-state index contributed by atoms with van der Waals surface area (Å²) in [6.07, 6.45) is 1.42. The van der Waals surface area contributed by atoms with E-state index in [1.165, 1.54) is 23.9 Å². The van der Waals surface area contributed by atoms with Crippen LogP contribution in [0, 0.1) is 17.0 Å². The lowest BCUT2D eigenvalue weighted by atomic mass is 10.2. The number of nitro groups is 1. The van der Waals surface area contributed by atoms with Crippen LogP contribution in [0.3, 0.4) is 0 Å². The van der Waals surface area contributed by atoms with Crippen molar-refractivity contribution in [2.24, 2.45) is 0 Å². The quantitative estimate of drug-likeness (QED) is 0.192. The fourth-order valence-corrected chi connectivity index (χ4v) is 5.39. The van der Waals surface area contributed by atoms with Crippen molar-refractivity contribution in [3.63, 3.8) is 0 Å². The van der Waals surface area contributed by atoms with E-state index < -0.39 is 28.5 Å². The van der Waals surface area contributed by atoms with Crippen molar-refractivity contribution in [2.45, 2.75) is 16.7 Å². The number of nitrogens with one attached hydrogen (secondary N) is 1. The maximum absolute atomic E-state index is 12.8. The van der Waals surface area contributed by atoms with Crippen LogP contribution >= 0.6 is 39.5 Å². The minimum absolute atomic E-state index is 0.0851. The highest BCUT2D eigenvalue weighted by Crippen LogP contribution is 2.37. The second-order valence-electron chi connectivity index (χ2n) is 7.70. The summed E-state index contributed by atoms with van der Waals surface area (Å²) in [6.45, 7) is 1.51. The van der Waals surface area contributed by atoms with E-state index in [2.05, 4.69) is 21.2 Å². The molecule has 11 heteroatoms. The van der Waals surface area contributed by atoms with Crippen molar-refractivity contribution in [2.75, 3.05) is 11.9 Å². The monoisotopic (exact) mass is 583 g/mol. The topological polar surface area (TPSA) is 110 Å². The molecule has 3 aromatic carbocycles. The number of thioether (sulfide) groups is 1. The van der Waals surface area contributed by atoms with Crippen molar-refractivity contribution < 1.29 is 19.3 Å². The van der Waals surface area contributed by atoms with Gasteiger partial charge in [0.15, 0.2) is 0 Å². The fraction of sp³-hybridized carbons (Fsp3) is 0.0800. The molecule has 0 unspecified atom stereocenters. The van der Waals surface area contributed by atoms with Gasteiger partial charge in [-0.3, -0.25) is 29.4 Å².